The molecule has 0 saturated carbocycles. The molecule has 0 aliphatic heterocycles. The van der Waals surface area contributed by atoms with Crippen LogP contribution >= 0.6 is 11.3 Å². The average Bonchev–Trinajstić information content (AvgIpc) is 3.06. The number of aromatic nitrogens is 3. The van der Waals surface area contributed by atoms with Gasteiger partial charge in [-0.2, -0.15) is 11.3 Å². The Bertz CT molecular complexity index is 734. The molecule has 0 radical (unpaired) electrons. The van der Waals surface area contributed by atoms with Gasteiger partial charge in [0, 0.05) is 0 Å². The Morgan fingerprint density at radius 3 is 2.95 bits per heavy atom. The number of carboxylic acid groups (broad SMARTS) is 1. The Hall–Kier alpha value is -2.21. The van der Waals surface area contributed by atoms with Crippen molar-refractivity contribution in [2.24, 2.45) is 0 Å². The molecule has 0 saturated heterocycles. The van der Waals surface area contributed by atoms with Gasteiger partial charge in [-0.05, 0) is 47.5 Å². The molecule has 6 heteroatoms. The molecule has 5 nitrogen and oxygen atoms in total. The summed E-state index contributed by atoms with van der Waals surface area (Å²) in [6.45, 7) is 2.04. The van der Waals surface area contributed by atoms with E-state index in [0.717, 1.165) is 5.52 Å². The normalized spacial score (nSPS) is 12.7. The van der Waals surface area contributed by atoms with E-state index in [1.165, 1.54) is 5.56 Å². The van der Waals surface area contributed by atoms with Crippen LogP contribution in [0.2, 0.25) is 0 Å². The standard InChI is InChI=1S/C13H11N3O2S/c1-8(10-4-5-19-7-10)16-12-3-2-9(13(17)18)6-11(12)14-15-16/h2-8H,1H3,(H,17,18). The van der Waals surface area contributed by atoms with E-state index < -0.39 is 5.97 Å². The number of fused-ring (bicyclic) bond motifs is 1. The van der Waals surface area contributed by atoms with Gasteiger partial charge in [0.25, 0.3) is 0 Å². The van der Waals surface area contributed by atoms with Crippen molar-refractivity contribution in [3.63, 3.8) is 0 Å². The number of rotatable bonds is 3. The van der Waals surface area contributed by atoms with Gasteiger partial charge in [-0.3, -0.25) is 0 Å². The van der Waals surface area contributed by atoms with Crippen molar-refractivity contribution >= 4 is 28.3 Å². The molecule has 0 amide bonds. The molecule has 19 heavy (non-hydrogen) atoms. The quantitative estimate of drug-likeness (QED) is 0.796. The lowest BCUT2D eigenvalue weighted by Crippen LogP contribution is -2.07. The van der Waals surface area contributed by atoms with Crippen LogP contribution in [0.15, 0.2) is 35.0 Å². The molecule has 0 aliphatic rings. The van der Waals surface area contributed by atoms with Gasteiger partial charge in [0.1, 0.15) is 5.52 Å². The predicted octanol–water partition coefficient (Wildman–Crippen LogP) is 2.80. The van der Waals surface area contributed by atoms with E-state index in [1.54, 1.807) is 29.5 Å². The average molecular weight is 273 g/mol. The zero-order valence-corrected chi connectivity index (χ0v) is 11.0. The number of carboxylic acids is 1. The summed E-state index contributed by atoms with van der Waals surface area (Å²) in [5.74, 6) is -0.956. The maximum Gasteiger partial charge on any atom is 0.335 e. The number of aromatic carboxylic acids is 1. The highest BCUT2D eigenvalue weighted by Crippen LogP contribution is 2.23. The van der Waals surface area contributed by atoms with E-state index in [2.05, 4.69) is 21.8 Å². The number of hydrogen-bond donors (Lipinski definition) is 1. The van der Waals surface area contributed by atoms with Gasteiger partial charge in [0.2, 0.25) is 0 Å². The second-order valence-electron chi connectivity index (χ2n) is 4.28. The van der Waals surface area contributed by atoms with Crippen molar-refractivity contribution in [3.05, 3.63) is 46.2 Å². The van der Waals surface area contributed by atoms with E-state index in [-0.39, 0.29) is 11.6 Å². The first-order valence-electron chi connectivity index (χ1n) is 5.77. The van der Waals surface area contributed by atoms with E-state index in [0.29, 0.717) is 5.52 Å². The van der Waals surface area contributed by atoms with Crippen molar-refractivity contribution in [3.8, 4) is 0 Å². The van der Waals surface area contributed by atoms with Crippen LogP contribution in [-0.4, -0.2) is 26.1 Å². The van der Waals surface area contributed by atoms with Gasteiger partial charge in [0.05, 0.1) is 17.1 Å². The molecule has 2 aromatic heterocycles. The third kappa shape index (κ3) is 2.00. The highest BCUT2D eigenvalue weighted by atomic mass is 32.1. The minimum Gasteiger partial charge on any atom is -0.478 e. The molecule has 3 rings (SSSR count). The van der Waals surface area contributed by atoms with E-state index in [4.69, 9.17) is 5.11 Å². The smallest absolute Gasteiger partial charge is 0.335 e. The first-order valence-corrected chi connectivity index (χ1v) is 6.71. The maximum absolute atomic E-state index is 10.9. The number of hydrogen-bond acceptors (Lipinski definition) is 4. The number of carbonyl (C=O) groups is 1. The number of thiophene rings is 1. The minimum absolute atomic E-state index is 0.0759. The lowest BCUT2D eigenvalue weighted by Gasteiger charge is -2.10. The number of benzene rings is 1. The molecule has 3 aromatic rings. The van der Waals surface area contributed by atoms with Crippen molar-refractivity contribution in [1.82, 2.24) is 15.0 Å². The SMILES string of the molecule is CC(c1ccsc1)n1nnc2cc(C(=O)O)ccc21. The number of nitrogens with zero attached hydrogens (tertiary/aromatic N) is 3. The van der Waals surface area contributed by atoms with Crippen LogP contribution in [0.1, 0.15) is 28.9 Å². The third-order valence-corrected chi connectivity index (χ3v) is 3.81. The maximum atomic E-state index is 10.9. The summed E-state index contributed by atoms with van der Waals surface area (Å²) in [5, 5.41) is 21.2. The molecule has 0 aliphatic carbocycles. The second kappa shape index (κ2) is 4.47. The molecular weight excluding hydrogens is 262 g/mol. The summed E-state index contributed by atoms with van der Waals surface area (Å²) < 4.78 is 1.81. The minimum atomic E-state index is -0.956. The fourth-order valence-electron chi connectivity index (χ4n) is 2.01. The molecule has 96 valence electrons. The second-order valence-corrected chi connectivity index (χ2v) is 5.06. The Labute approximate surface area is 113 Å². The van der Waals surface area contributed by atoms with Crippen LogP contribution in [0.25, 0.3) is 11.0 Å². The van der Waals surface area contributed by atoms with E-state index >= 15 is 0 Å². The molecule has 1 aromatic carbocycles. The zero-order chi connectivity index (χ0) is 13.4. The Kier molecular flexibility index (Phi) is 2.79. The third-order valence-electron chi connectivity index (χ3n) is 3.11. The molecule has 0 bridgehead atoms. The van der Waals surface area contributed by atoms with Crippen LogP contribution < -0.4 is 0 Å². The van der Waals surface area contributed by atoms with E-state index in [1.807, 2.05) is 17.0 Å². The lowest BCUT2D eigenvalue weighted by molar-refractivity contribution is 0.0697. The highest BCUT2D eigenvalue weighted by Gasteiger charge is 2.14. The van der Waals surface area contributed by atoms with Crippen molar-refractivity contribution < 1.29 is 9.90 Å². The molecule has 1 N–H and O–H groups in total. The summed E-state index contributed by atoms with van der Waals surface area (Å²) in [7, 11) is 0. The van der Waals surface area contributed by atoms with Crippen molar-refractivity contribution in [1.29, 1.82) is 0 Å². The Morgan fingerprint density at radius 2 is 2.26 bits per heavy atom. The molecule has 0 spiro atoms. The summed E-state index contributed by atoms with van der Waals surface area (Å²) in [6, 6.07) is 6.99. The lowest BCUT2D eigenvalue weighted by atomic mass is 10.1. The van der Waals surface area contributed by atoms with E-state index in [9.17, 15) is 4.79 Å². The van der Waals surface area contributed by atoms with Crippen LogP contribution in [0, 0.1) is 0 Å². The fraction of sp³-hybridized carbons (Fsp3) is 0.154. The zero-order valence-electron chi connectivity index (χ0n) is 10.1. The van der Waals surface area contributed by atoms with Crippen molar-refractivity contribution in [2.45, 2.75) is 13.0 Å². The summed E-state index contributed by atoms with van der Waals surface area (Å²) in [4.78, 5) is 10.9. The van der Waals surface area contributed by atoms with Gasteiger partial charge in [-0.15, -0.1) is 5.10 Å². The van der Waals surface area contributed by atoms with Crippen LogP contribution in [0.4, 0.5) is 0 Å². The molecule has 2 heterocycles. The first-order chi connectivity index (χ1) is 9.16. The highest BCUT2D eigenvalue weighted by molar-refractivity contribution is 7.07. The van der Waals surface area contributed by atoms with Gasteiger partial charge in [-0.1, -0.05) is 5.21 Å². The van der Waals surface area contributed by atoms with Gasteiger partial charge >= 0.3 is 5.97 Å². The predicted molar refractivity (Wildman–Crippen MR) is 72.6 cm³/mol. The summed E-state index contributed by atoms with van der Waals surface area (Å²) in [6.07, 6.45) is 0. The van der Waals surface area contributed by atoms with Crippen molar-refractivity contribution in [2.75, 3.05) is 0 Å². The van der Waals surface area contributed by atoms with Gasteiger partial charge < -0.3 is 5.11 Å². The molecule has 0 fully saturated rings. The van der Waals surface area contributed by atoms with Crippen LogP contribution in [0.3, 0.4) is 0 Å². The summed E-state index contributed by atoms with van der Waals surface area (Å²) >= 11 is 1.64. The Morgan fingerprint density at radius 1 is 1.42 bits per heavy atom. The van der Waals surface area contributed by atoms with Gasteiger partial charge in [0.15, 0.2) is 0 Å². The van der Waals surface area contributed by atoms with Gasteiger partial charge in [-0.25, -0.2) is 9.48 Å². The molecule has 1 atom stereocenters. The largest absolute Gasteiger partial charge is 0.478 e. The van der Waals surface area contributed by atoms with Crippen LogP contribution in [0.5, 0.6) is 0 Å². The molecule has 1 unspecified atom stereocenters. The Balaban J connectivity index is 2.08. The first kappa shape index (κ1) is 11.9. The summed E-state index contributed by atoms with van der Waals surface area (Å²) in [5.41, 5.74) is 2.83. The van der Waals surface area contributed by atoms with Crippen LogP contribution in [-0.2, 0) is 0 Å². The topological polar surface area (TPSA) is 68.0 Å². The fourth-order valence-corrected chi connectivity index (χ4v) is 2.76. The molecular formula is C13H11N3O2S. The monoisotopic (exact) mass is 273 g/mol.